The molecule has 4 heterocycles. The van der Waals surface area contributed by atoms with E-state index in [0.29, 0.717) is 37.6 Å². The van der Waals surface area contributed by atoms with Gasteiger partial charge in [-0.2, -0.15) is 0 Å². The smallest absolute Gasteiger partial charge is 0.254 e. The summed E-state index contributed by atoms with van der Waals surface area (Å²) in [5, 5.41) is 1.16. The molecule has 7 rings (SSSR count). The molecule has 0 radical (unpaired) electrons. The Morgan fingerprint density at radius 1 is 1.10 bits per heavy atom. The van der Waals surface area contributed by atoms with E-state index >= 15 is 0 Å². The maximum Gasteiger partial charge on any atom is 0.254 e. The number of carbonyl (C=O) groups excluding carboxylic acids is 1. The average Bonchev–Trinajstić information content (AvgIpc) is 3.52. The molecule has 3 aromatic carbocycles. The number of hydrogen-bond donors (Lipinski definition) is 1. The van der Waals surface area contributed by atoms with E-state index in [9.17, 15) is 4.79 Å². The molecule has 1 amide bonds. The zero-order valence-electron chi connectivity index (χ0n) is 22.0. The van der Waals surface area contributed by atoms with Crippen LogP contribution in [0.4, 0.5) is 0 Å². The van der Waals surface area contributed by atoms with Crippen LogP contribution in [-0.4, -0.2) is 57.8 Å². The lowest BCUT2D eigenvalue weighted by atomic mass is 10.0. The number of para-hydroxylation sites is 1. The van der Waals surface area contributed by atoms with Gasteiger partial charge in [0.2, 0.25) is 0 Å². The molecular formula is C31H31N5O3. The van der Waals surface area contributed by atoms with E-state index in [2.05, 4.69) is 51.6 Å². The quantitative estimate of drug-likeness (QED) is 0.363. The van der Waals surface area contributed by atoms with E-state index < -0.39 is 0 Å². The number of rotatable bonds is 5. The van der Waals surface area contributed by atoms with Gasteiger partial charge in [0.15, 0.2) is 5.82 Å². The van der Waals surface area contributed by atoms with Crippen LogP contribution in [0.3, 0.4) is 0 Å². The second-order valence-electron chi connectivity index (χ2n) is 10.5. The predicted molar refractivity (Wildman–Crippen MR) is 151 cm³/mol. The fraction of sp³-hybridized carbons (Fsp3) is 0.290. The molecule has 0 bridgehead atoms. The van der Waals surface area contributed by atoms with Crippen molar-refractivity contribution in [3.05, 3.63) is 77.9 Å². The average molecular weight is 522 g/mol. The number of imidazole rings is 1. The molecule has 39 heavy (non-hydrogen) atoms. The number of nitrogens with zero attached hydrogens (tertiary/aromatic N) is 4. The van der Waals surface area contributed by atoms with Gasteiger partial charge in [-0.05, 0) is 54.8 Å². The molecule has 1 unspecified atom stereocenters. The third-order valence-electron chi connectivity index (χ3n) is 7.91. The lowest BCUT2D eigenvalue weighted by Gasteiger charge is -2.31. The van der Waals surface area contributed by atoms with E-state index in [4.69, 9.17) is 20.2 Å². The monoisotopic (exact) mass is 521 g/mol. The molecule has 0 spiro atoms. The molecule has 0 aliphatic carbocycles. The number of carbonyl (C=O) groups is 1. The van der Waals surface area contributed by atoms with Crippen molar-refractivity contribution in [2.24, 2.45) is 5.73 Å². The van der Waals surface area contributed by atoms with E-state index in [1.54, 1.807) is 7.11 Å². The lowest BCUT2D eigenvalue weighted by molar-refractivity contribution is 0.0708. The SMILES string of the molecule is COc1ccc(Cn2c(-c3nc4cc(C(=O)N5CCCC(N)C5)cc5c4n3CCO5)cc3ccccc32)cc1. The highest BCUT2D eigenvalue weighted by atomic mass is 16.5. The Morgan fingerprint density at radius 3 is 2.77 bits per heavy atom. The molecule has 2 N–H and O–H groups in total. The third-order valence-corrected chi connectivity index (χ3v) is 7.91. The largest absolute Gasteiger partial charge is 0.497 e. The highest BCUT2D eigenvalue weighted by Crippen LogP contribution is 2.37. The lowest BCUT2D eigenvalue weighted by Crippen LogP contribution is -2.45. The van der Waals surface area contributed by atoms with Crippen molar-refractivity contribution in [1.29, 1.82) is 0 Å². The van der Waals surface area contributed by atoms with Crippen molar-refractivity contribution in [2.45, 2.75) is 32.0 Å². The first-order valence-corrected chi connectivity index (χ1v) is 13.5. The van der Waals surface area contributed by atoms with E-state index in [-0.39, 0.29) is 11.9 Å². The fourth-order valence-corrected chi connectivity index (χ4v) is 5.98. The van der Waals surface area contributed by atoms with Gasteiger partial charge in [0, 0.05) is 42.1 Å². The zero-order chi connectivity index (χ0) is 26.5. The highest BCUT2D eigenvalue weighted by molar-refractivity contribution is 6.00. The van der Waals surface area contributed by atoms with Crippen molar-refractivity contribution in [1.82, 2.24) is 19.0 Å². The Hall–Kier alpha value is -4.30. The molecule has 8 nitrogen and oxygen atoms in total. The fourth-order valence-electron chi connectivity index (χ4n) is 5.98. The Bertz CT molecular complexity index is 1700. The number of hydrogen-bond acceptors (Lipinski definition) is 5. The summed E-state index contributed by atoms with van der Waals surface area (Å²) in [7, 11) is 1.68. The molecule has 0 saturated carbocycles. The maximum atomic E-state index is 13.4. The standard InChI is InChI=1S/C31H31N5O3/c1-38-24-10-8-20(9-11-24)18-36-26-7-3-2-5-21(26)16-27(36)30-33-25-15-22(17-28-29(25)35(30)13-14-39-28)31(37)34-12-4-6-23(32)19-34/h2-3,5,7-11,15-17,23H,4,6,12-14,18-19,32H2,1H3. The zero-order valence-corrected chi connectivity index (χ0v) is 22.0. The first-order chi connectivity index (χ1) is 19.1. The number of methoxy groups -OCH3 is 1. The number of nitrogens with two attached hydrogens (primary N) is 1. The maximum absolute atomic E-state index is 13.4. The number of likely N-dealkylation sites (tertiary alicyclic amines) is 1. The Morgan fingerprint density at radius 2 is 1.95 bits per heavy atom. The van der Waals surface area contributed by atoms with Gasteiger partial charge in [-0.15, -0.1) is 0 Å². The highest BCUT2D eigenvalue weighted by Gasteiger charge is 2.27. The Balaban J connectivity index is 1.35. The normalized spacial score (nSPS) is 17.0. The van der Waals surface area contributed by atoms with Gasteiger partial charge in [0.05, 0.1) is 24.9 Å². The minimum atomic E-state index is -0.0119. The molecule has 1 atom stereocenters. The predicted octanol–water partition coefficient (Wildman–Crippen LogP) is 4.67. The van der Waals surface area contributed by atoms with Crippen LogP contribution < -0.4 is 15.2 Å². The molecular weight excluding hydrogens is 490 g/mol. The van der Waals surface area contributed by atoms with Crippen molar-refractivity contribution in [2.75, 3.05) is 26.8 Å². The van der Waals surface area contributed by atoms with Crippen LogP contribution in [0, 0.1) is 0 Å². The van der Waals surface area contributed by atoms with Gasteiger partial charge in [-0.1, -0.05) is 30.3 Å². The first kappa shape index (κ1) is 23.8. The minimum absolute atomic E-state index is 0.0119. The summed E-state index contributed by atoms with van der Waals surface area (Å²) in [5.74, 6) is 2.41. The van der Waals surface area contributed by atoms with Crippen LogP contribution in [0.5, 0.6) is 11.5 Å². The number of piperidine rings is 1. The van der Waals surface area contributed by atoms with Gasteiger partial charge >= 0.3 is 0 Å². The van der Waals surface area contributed by atoms with Crippen molar-refractivity contribution < 1.29 is 14.3 Å². The second kappa shape index (κ2) is 9.47. The van der Waals surface area contributed by atoms with Crippen LogP contribution in [0.25, 0.3) is 33.5 Å². The van der Waals surface area contributed by atoms with E-state index in [1.165, 1.54) is 5.56 Å². The van der Waals surface area contributed by atoms with Crippen molar-refractivity contribution in [3.8, 4) is 23.0 Å². The number of ether oxygens (including phenoxy) is 2. The van der Waals surface area contributed by atoms with Gasteiger partial charge in [-0.25, -0.2) is 4.98 Å². The topological polar surface area (TPSA) is 87.5 Å². The van der Waals surface area contributed by atoms with Crippen molar-refractivity contribution in [3.63, 3.8) is 0 Å². The molecule has 1 fully saturated rings. The number of benzene rings is 3. The summed E-state index contributed by atoms with van der Waals surface area (Å²) in [5.41, 5.74) is 11.8. The van der Waals surface area contributed by atoms with Gasteiger partial charge in [0.1, 0.15) is 23.6 Å². The summed E-state index contributed by atoms with van der Waals surface area (Å²) >= 11 is 0. The van der Waals surface area contributed by atoms with Crippen LogP contribution in [0.1, 0.15) is 28.8 Å². The van der Waals surface area contributed by atoms with Crippen LogP contribution in [-0.2, 0) is 13.1 Å². The molecule has 198 valence electrons. The molecule has 1 saturated heterocycles. The van der Waals surface area contributed by atoms with Crippen molar-refractivity contribution >= 4 is 27.8 Å². The Labute approximate surface area is 226 Å². The molecule has 2 aromatic heterocycles. The van der Waals surface area contributed by atoms with E-state index in [0.717, 1.165) is 58.6 Å². The van der Waals surface area contributed by atoms with Crippen LogP contribution in [0.15, 0.2) is 66.7 Å². The number of aromatic nitrogens is 3. The third kappa shape index (κ3) is 4.12. The summed E-state index contributed by atoms with van der Waals surface area (Å²) in [6.45, 7) is 3.22. The minimum Gasteiger partial charge on any atom is -0.497 e. The summed E-state index contributed by atoms with van der Waals surface area (Å²) < 4.78 is 16.0. The summed E-state index contributed by atoms with van der Waals surface area (Å²) in [4.78, 5) is 20.4. The van der Waals surface area contributed by atoms with Gasteiger partial charge < -0.3 is 29.2 Å². The van der Waals surface area contributed by atoms with Gasteiger partial charge in [-0.3, -0.25) is 4.79 Å². The number of amides is 1. The molecule has 5 aromatic rings. The second-order valence-corrected chi connectivity index (χ2v) is 10.5. The molecule has 2 aliphatic rings. The molecule has 2 aliphatic heterocycles. The number of fused-ring (bicyclic) bond motifs is 1. The van der Waals surface area contributed by atoms with E-state index in [1.807, 2.05) is 29.2 Å². The van der Waals surface area contributed by atoms with Gasteiger partial charge in [0.25, 0.3) is 5.91 Å². The first-order valence-electron chi connectivity index (χ1n) is 13.5. The van der Waals surface area contributed by atoms with Crippen LogP contribution in [0.2, 0.25) is 0 Å². The van der Waals surface area contributed by atoms with Crippen LogP contribution >= 0.6 is 0 Å². The summed E-state index contributed by atoms with van der Waals surface area (Å²) in [6, 6.07) is 22.6. The Kier molecular flexibility index (Phi) is 5.77. The summed E-state index contributed by atoms with van der Waals surface area (Å²) in [6.07, 6.45) is 1.88. The molecule has 8 heteroatoms.